The first-order valence-electron chi connectivity index (χ1n) is 5.47. The van der Waals surface area contributed by atoms with Crippen LogP contribution in [0.5, 0.6) is 0 Å². The number of hydrogen-bond donors (Lipinski definition) is 1. The van der Waals surface area contributed by atoms with E-state index in [0.29, 0.717) is 5.69 Å². The number of hydrogen-bond acceptors (Lipinski definition) is 2. The van der Waals surface area contributed by atoms with Crippen LogP contribution in [0.15, 0.2) is 46.9 Å². The molecule has 1 N–H and O–H groups in total. The molecule has 2 rings (SSSR count). The normalized spacial score (nSPS) is 11.7. The van der Waals surface area contributed by atoms with Gasteiger partial charge in [0, 0.05) is 15.7 Å². The summed E-state index contributed by atoms with van der Waals surface area (Å²) in [6.07, 6.45) is 0. The zero-order chi connectivity index (χ0) is 13.8. The molecule has 96 valence electrons. The van der Waals surface area contributed by atoms with Gasteiger partial charge in [-0.3, -0.25) is 0 Å². The van der Waals surface area contributed by atoms with Gasteiger partial charge in [-0.15, -0.1) is 0 Å². The molecule has 1 unspecified atom stereocenters. The molecule has 0 saturated heterocycles. The lowest BCUT2D eigenvalue weighted by molar-refractivity contribution is 0.583. The van der Waals surface area contributed by atoms with Crippen molar-refractivity contribution in [3.8, 4) is 6.07 Å². The third-order valence-corrected chi connectivity index (χ3v) is 3.03. The zero-order valence-electron chi connectivity index (χ0n) is 9.70. The third kappa shape index (κ3) is 3.30. The van der Waals surface area contributed by atoms with Crippen LogP contribution in [0.4, 0.5) is 14.5 Å². The molecule has 0 fully saturated rings. The lowest BCUT2D eigenvalue weighted by Gasteiger charge is -2.14. The number of halogens is 3. The molecule has 1 atom stereocenters. The van der Waals surface area contributed by atoms with Crippen LogP contribution < -0.4 is 5.32 Å². The summed E-state index contributed by atoms with van der Waals surface area (Å²) in [5.41, 5.74) is 0.632. The maximum absolute atomic E-state index is 13.6. The average Bonchev–Trinajstić information content (AvgIpc) is 2.39. The van der Waals surface area contributed by atoms with Crippen molar-refractivity contribution in [2.45, 2.75) is 6.04 Å². The highest BCUT2D eigenvalue weighted by Gasteiger charge is 2.16. The maximum Gasteiger partial charge on any atom is 0.143 e. The number of rotatable bonds is 3. The Morgan fingerprint density at radius 2 is 1.95 bits per heavy atom. The summed E-state index contributed by atoms with van der Waals surface area (Å²) in [5.74, 6) is -1.19. The van der Waals surface area contributed by atoms with E-state index in [1.807, 2.05) is 12.1 Å². The summed E-state index contributed by atoms with van der Waals surface area (Å²) in [6, 6.07) is 11.1. The molecule has 5 heteroatoms. The van der Waals surface area contributed by atoms with Gasteiger partial charge in [0.05, 0.1) is 6.07 Å². The van der Waals surface area contributed by atoms with Gasteiger partial charge in [0.25, 0.3) is 0 Å². The van der Waals surface area contributed by atoms with Crippen LogP contribution in [-0.2, 0) is 0 Å². The van der Waals surface area contributed by atoms with Crippen molar-refractivity contribution in [2.75, 3.05) is 5.32 Å². The largest absolute Gasteiger partial charge is 0.366 e. The van der Waals surface area contributed by atoms with Gasteiger partial charge in [-0.05, 0) is 36.4 Å². The Labute approximate surface area is 117 Å². The van der Waals surface area contributed by atoms with Crippen molar-refractivity contribution in [3.05, 3.63) is 64.1 Å². The predicted molar refractivity (Wildman–Crippen MR) is 72.5 cm³/mol. The zero-order valence-corrected chi connectivity index (χ0v) is 11.3. The van der Waals surface area contributed by atoms with Gasteiger partial charge in [-0.2, -0.15) is 5.26 Å². The van der Waals surface area contributed by atoms with Crippen LogP contribution >= 0.6 is 15.9 Å². The van der Waals surface area contributed by atoms with Gasteiger partial charge in [0.2, 0.25) is 0 Å². The number of nitrogens with zero attached hydrogens (tertiary/aromatic N) is 1. The summed E-state index contributed by atoms with van der Waals surface area (Å²) in [6.45, 7) is 0. The average molecular weight is 323 g/mol. The van der Waals surface area contributed by atoms with Crippen LogP contribution in [0.1, 0.15) is 11.6 Å². The first-order valence-corrected chi connectivity index (χ1v) is 6.26. The van der Waals surface area contributed by atoms with Gasteiger partial charge in [0.15, 0.2) is 0 Å². The molecular formula is C14H9BrF2N2. The van der Waals surface area contributed by atoms with Crippen LogP contribution in [0, 0.1) is 23.0 Å². The first kappa shape index (κ1) is 13.5. The SMILES string of the molecule is N#CC(Nc1cccc(Br)c1)c1cc(F)ccc1F. The first-order chi connectivity index (χ1) is 9.10. The minimum absolute atomic E-state index is 0.0116. The fourth-order valence-electron chi connectivity index (χ4n) is 1.66. The summed E-state index contributed by atoms with van der Waals surface area (Å²) >= 11 is 3.30. The number of nitrogens with one attached hydrogen (secondary N) is 1. The fourth-order valence-corrected chi connectivity index (χ4v) is 2.06. The van der Waals surface area contributed by atoms with Crippen LogP contribution in [-0.4, -0.2) is 0 Å². The molecule has 0 spiro atoms. The van der Waals surface area contributed by atoms with E-state index in [0.717, 1.165) is 22.7 Å². The van der Waals surface area contributed by atoms with Gasteiger partial charge in [0.1, 0.15) is 17.7 Å². The van der Waals surface area contributed by atoms with Crippen molar-refractivity contribution in [1.29, 1.82) is 5.26 Å². The van der Waals surface area contributed by atoms with Crippen molar-refractivity contribution < 1.29 is 8.78 Å². The summed E-state index contributed by atoms with van der Waals surface area (Å²) in [4.78, 5) is 0. The van der Waals surface area contributed by atoms with Gasteiger partial charge in [-0.25, -0.2) is 8.78 Å². The molecule has 0 bridgehead atoms. The predicted octanol–water partition coefficient (Wildman–Crippen LogP) is 4.40. The van der Waals surface area contributed by atoms with Crippen LogP contribution in [0.3, 0.4) is 0 Å². The third-order valence-electron chi connectivity index (χ3n) is 2.53. The summed E-state index contributed by atoms with van der Waals surface area (Å²) in [5, 5.41) is 12.0. The second kappa shape index (κ2) is 5.81. The fraction of sp³-hybridized carbons (Fsp3) is 0.0714. The number of nitriles is 1. The van der Waals surface area contributed by atoms with E-state index in [9.17, 15) is 8.78 Å². The molecule has 19 heavy (non-hydrogen) atoms. The standard InChI is InChI=1S/C14H9BrF2N2/c15-9-2-1-3-11(6-9)19-14(8-18)12-7-10(16)4-5-13(12)17/h1-7,14,19H. The molecule has 0 amide bonds. The Morgan fingerprint density at radius 3 is 2.63 bits per heavy atom. The van der Waals surface area contributed by atoms with E-state index in [4.69, 9.17) is 5.26 Å². The summed E-state index contributed by atoms with van der Waals surface area (Å²) < 4.78 is 27.6. The number of anilines is 1. The van der Waals surface area contributed by atoms with Crippen LogP contribution in [0.2, 0.25) is 0 Å². The highest BCUT2D eigenvalue weighted by molar-refractivity contribution is 9.10. The van der Waals surface area contributed by atoms with E-state index >= 15 is 0 Å². The number of benzene rings is 2. The minimum atomic E-state index is -0.954. The Bertz CT molecular complexity index is 638. The van der Waals surface area contributed by atoms with E-state index in [-0.39, 0.29) is 5.56 Å². The second-order valence-corrected chi connectivity index (χ2v) is 4.80. The van der Waals surface area contributed by atoms with Gasteiger partial charge in [-0.1, -0.05) is 22.0 Å². The second-order valence-electron chi connectivity index (χ2n) is 3.88. The molecule has 0 heterocycles. The highest BCUT2D eigenvalue weighted by Crippen LogP contribution is 2.24. The topological polar surface area (TPSA) is 35.8 Å². The Balaban J connectivity index is 2.31. The Hall–Kier alpha value is -1.93. The molecule has 0 saturated carbocycles. The maximum atomic E-state index is 13.6. The van der Waals surface area contributed by atoms with Crippen LogP contribution in [0.25, 0.3) is 0 Å². The minimum Gasteiger partial charge on any atom is -0.366 e. The lowest BCUT2D eigenvalue weighted by atomic mass is 10.1. The van der Waals surface area contributed by atoms with Gasteiger partial charge < -0.3 is 5.32 Å². The lowest BCUT2D eigenvalue weighted by Crippen LogP contribution is -2.10. The van der Waals surface area contributed by atoms with Crippen molar-refractivity contribution >= 4 is 21.6 Å². The van der Waals surface area contributed by atoms with Crippen molar-refractivity contribution in [3.63, 3.8) is 0 Å². The van der Waals surface area contributed by atoms with Crippen molar-refractivity contribution in [1.82, 2.24) is 0 Å². The quantitative estimate of drug-likeness (QED) is 0.908. The molecule has 0 aliphatic carbocycles. The summed E-state index contributed by atoms with van der Waals surface area (Å²) in [7, 11) is 0. The molecule has 2 aromatic carbocycles. The van der Waals surface area contributed by atoms with E-state index in [1.54, 1.807) is 18.2 Å². The van der Waals surface area contributed by atoms with E-state index in [2.05, 4.69) is 21.2 Å². The molecular weight excluding hydrogens is 314 g/mol. The molecule has 0 aliphatic heterocycles. The monoisotopic (exact) mass is 322 g/mol. The Kier molecular flexibility index (Phi) is 4.13. The van der Waals surface area contributed by atoms with Crippen molar-refractivity contribution in [2.24, 2.45) is 0 Å². The molecule has 2 aromatic rings. The van der Waals surface area contributed by atoms with E-state index < -0.39 is 17.7 Å². The molecule has 0 radical (unpaired) electrons. The van der Waals surface area contributed by atoms with Gasteiger partial charge >= 0.3 is 0 Å². The molecule has 0 aromatic heterocycles. The van der Waals surface area contributed by atoms with E-state index in [1.165, 1.54) is 0 Å². The smallest absolute Gasteiger partial charge is 0.143 e. The molecule has 2 nitrogen and oxygen atoms in total. The molecule has 0 aliphatic rings. The highest BCUT2D eigenvalue weighted by atomic mass is 79.9. The Morgan fingerprint density at radius 1 is 1.16 bits per heavy atom.